The van der Waals surface area contributed by atoms with Gasteiger partial charge in [-0.1, -0.05) is 29.8 Å². The van der Waals surface area contributed by atoms with E-state index in [1.54, 1.807) is 0 Å². The highest BCUT2D eigenvalue weighted by Crippen LogP contribution is 2.13. The summed E-state index contributed by atoms with van der Waals surface area (Å²) in [6, 6.07) is 15.0. The van der Waals surface area contributed by atoms with Crippen LogP contribution in [0.4, 0.5) is 16.2 Å². The number of hydrogen-bond donors (Lipinski definition) is 3. The zero-order valence-corrected chi connectivity index (χ0v) is 12.1. The van der Waals surface area contributed by atoms with Crippen molar-refractivity contribution in [1.29, 1.82) is 0 Å². The Labute approximate surface area is 124 Å². The number of urea groups is 1. The Kier molecular flexibility index (Phi) is 5.35. The number of amides is 2. The summed E-state index contributed by atoms with van der Waals surface area (Å²) in [7, 11) is 0. The topological polar surface area (TPSA) is 61.4 Å². The van der Waals surface area contributed by atoms with Crippen molar-refractivity contribution in [2.45, 2.75) is 19.8 Å². The zero-order chi connectivity index (χ0) is 15.1. The lowest BCUT2D eigenvalue weighted by atomic mass is 10.1. The van der Waals surface area contributed by atoms with Gasteiger partial charge in [-0.05, 0) is 49.6 Å². The van der Waals surface area contributed by atoms with Gasteiger partial charge >= 0.3 is 6.03 Å². The molecule has 0 spiro atoms. The smallest absolute Gasteiger partial charge is 0.323 e. The zero-order valence-electron chi connectivity index (χ0n) is 12.1. The predicted octanol–water partition coefficient (Wildman–Crippen LogP) is 3.56. The standard InChI is InChI=1S/C17H20N2O2/c1-13-7-9-15(10-8-13)18-17(21)19-16-6-2-4-14(12-16)5-3-11-20/h2,4,6-10,12,20H,3,5,11H2,1H3,(H2,18,19,21). The van der Waals surface area contributed by atoms with E-state index < -0.39 is 0 Å². The second-order valence-electron chi connectivity index (χ2n) is 4.97. The summed E-state index contributed by atoms with van der Waals surface area (Å²) in [5, 5.41) is 14.4. The highest BCUT2D eigenvalue weighted by Gasteiger charge is 2.03. The normalized spacial score (nSPS) is 10.2. The largest absolute Gasteiger partial charge is 0.396 e. The van der Waals surface area contributed by atoms with E-state index in [1.165, 1.54) is 0 Å². The number of hydrogen-bond acceptors (Lipinski definition) is 2. The molecule has 0 aliphatic carbocycles. The van der Waals surface area contributed by atoms with Crippen molar-refractivity contribution in [2.75, 3.05) is 17.2 Å². The molecule has 0 unspecified atom stereocenters. The van der Waals surface area contributed by atoms with Crippen molar-refractivity contribution in [1.82, 2.24) is 0 Å². The van der Waals surface area contributed by atoms with Crippen LogP contribution in [0.15, 0.2) is 48.5 Å². The third-order valence-electron chi connectivity index (χ3n) is 3.12. The molecule has 0 aliphatic rings. The van der Waals surface area contributed by atoms with Crippen molar-refractivity contribution in [2.24, 2.45) is 0 Å². The first-order valence-corrected chi connectivity index (χ1v) is 7.02. The molecule has 0 aliphatic heterocycles. The van der Waals surface area contributed by atoms with E-state index in [0.29, 0.717) is 0 Å². The average molecular weight is 284 g/mol. The van der Waals surface area contributed by atoms with Crippen LogP contribution < -0.4 is 10.6 Å². The van der Waals surface area contributed by atoms with E-state index in [0.717, 1.165) is 35.3 Å². The van der Waals surface area contributed by atoms with Gasteiger partial charge in [-0.15, -0.1) is 0 Å². The lowest BCUT2D eigenvalue weighted by molar-refractivity contribution is 0.262. The summed E-state index contributed by atoms with van der Waals surface area (Å²) in [5.41, 5.74) is 3.75. The highest BCUT2D eigenvalue weighted by molar-refractivity contribution is 5.99. The fourth-order valence-electron chi connectivity index (χ4n) is 2.02. The predicted molar refractivity (Wildman–Crippen MR) is 85.7 cm³/mol. The van der Waals surface area contributed by atoms with Gasteiger partial charge in [-0.2, -0.15) is 0 Å². The van der Waals surface area contributed by atoms with Crippen LogP contribution in [0.5, 0.6) is 0 Å². The molecular weight excluding hydrogens is 264 g/mol. The molecule has 110 valence electrons. The highest BCUT2D eigenvalue weighted by atomic mass is 16.2. The van der Waals surface area contributed by atoms with Crippen LogP contribution in [0.3, 0.4) is 0 Å². The van der Waals surface area contributed by atoms with Gasteiger partial charge in [0, 0.05) is 18.0 Å². The van der Waals surface area contributed by atoms with Gasteiger partial charge < -0.3 is 15.7 Å². The van der Waals surface area contributed by atoms with Crippen LogP contribution in [0.25, 0.3) is 0 Å². The van der Waals surface area contributed by atoms with Gasteiger partial charge in [0.2, 0.25) is 0 Å². The Morgan fingerprint density at radius 1 is 1.05 bits per heavy atom. The molecule has 0 heterocycles. The summed E-state index contributed by atoms with van der Waals surface area (Å²) in [6.45, 7) is 2.17. The first-order chi connectivity index (χ1) is 10.2. The van der Waals surface area contributed by atoms with Crippen molar-refractivity contribution < 1.29 is 9.90 Å². The molecule has 2 aromatic carbocycles. The second-order valence-corrected chi connectivity index (χ2v) is 4.97. The van der Waals surface area contributed by atoms with E-state index in [9.17, 15) is 4.79 Å². The van der Waals surface area contributed by atoms with E-state index in [1.807, 2.05) is 55.5 Å². The molecule has 0 saturated carbocycles. The van der Waals surface area contributed by atoms with Crippen LogP contribution in [-0.4, -0.2) is 17.7 Å². The third-order valence-corrected chi connectivity index (χ3v) is 3.12. The van der Waals surface area contributed by atoms with Gasteiger partial charge in [0.1, 0.15) is 0 Å². The average Bonchev–Trinajstić information content (AvgIpc) is 2.48. The number of nitrogens with one attached hydrogen (secondary N) is 2. The van der Waals surface area contributed by atoms with E-state index in [2.05, 4.69) is 10.6 Å². The molecule has 2 aromatic rings. The van der Waals surface area contributed by atoms with Crippen LogP contribution in [-0.2, 0) is 6.42 Å². The Bertz CT molecular complexity index is 594. The molecule has 0 fully saturated rings. The van der Waals surface area contributed by atoms with Crippen molar-refractivity contribution in [3.05, 3.63) is 59.7 Å². The van der Waals surface area contributed by atoms with Crippen LogP contribution in [0.1, 0.15) is 17.5 Å². The molecule has 0 radical (unpaired) electrons. The molecule has 4 nitrogen and oxygen atoms in total. The maximum Gasteiger partial charge on any atom is 0.323 e. The molecule has 21 heavy (non-hydrogen) atoms. The van der Waals surface area contributed by atoms with Gasteiger partial charge in [0.15, 0.2) is 0 Å². The van der Waals surface area contributed by atoms with Crippen molar-refractivity contribution in [3.63, 3.8) is 0 Å². The van der Waals surface area contributed by atoms with E-state index in [4.69, 9.17) is 5.11 Å². The van der Waals surface area contributed by atoms with E-state index >= 15 is 0 Å². The number of aryl methyl sites for hydroxylation is 2. The second kappa shape index (κ2) is 7.45. The Morgan fingerprint density at radius 3 is 2.48 bits per heavy atom. The first kappa shape index (κ1) is 15.1. The Hall–Kier alpha value is -2.33. The number of aliphatic hydroxyl groups is 1. The first-order valence-electron chi connectivity index (χ1n) is 7.02. The molecule has 0 aromatic heterocycles. The van der Waals surface area contributed by atoms with Crippen molar-refractivity contribution >= 4 is 17.4 Å². The van der Waals surface area contributed by atoms with Crippen LogP contribution in [0, 0.1) is 6.92 Å². The Morgan fingerprint density at radius 2 is 1.76 bits per heavy atom. The summed E-state index contributed by atoms with van der Waals surface area (Å²) in [6.07, 6.45) is 1.52. The molecule has 2 rings (SSSR count). The SMILES string of the molecule is Cc1ccc(NC(=O)Nc2cccc(CCCO)c2)cc1. The lowest BCUT2D eigenvalue weighted by Crippen LogP contribution is -2.19. The van der Waals surface area contributed by atoms with Crippen molar-refractivity contribution in [3.8, 4) is 0 Å². The molecule has 0 atom stereocenters. The number of carbonyl (C=O) groups excluding carboxylic acids is 1. The van der Waals surface area contributed by atoms with Gasteiger partial charge in [0.25, 0.3) is 0 Å². The molecule has 0 saturated heterocycles. The monoisotopic (exact) mass is 284 g/mol. The maximum atomic E-state index is 11.9. The number of carbonyl (C=O) groups is 1. The summed E-state index contributed by atoms with van der Waals surface area (Å²) in [5.74, 6) is 0. The number of rotatable bonds is 5. The minimum Gasteiger partial charge on any atom is -0.396 e. The maximum absolute atomic E-state index is 11.9. The lowest BCUT2D eigenvalue weighted by Gasteiger charge is -2.09. The summed E-state index contributed by atoms with van der Waals surface area (Å²) < 4.78 is 0. The number of aliphatic hydroxyl groups excluding tert-OH is 1. The molecular formula is C17H20N2O2. The van der Waals surface area contributed by atoms with Crippen LogP contribution >= 0.6 is 0 Å². The molecule has 4 heteroatoms. The van der Waals surface area contributed by atoms with Crippen LogP contribution in [0.2, 0.25) is 0 Å². The minimum absolute atomic E-state index is 0.172. The number of anilines is 2. The molecule has 3 N–H and O–H groups in total. The van der Waals surface area contributed by atoms with Gasteiger partial charge in [-0.25, -0.2) is 4.79 Å². The molecule has 0 bridgehead atoms. The Balaban J connectivity index is 1.94. The number of benzene rings is 2. The summed E-state index contributed by atoms with van der Waals surface area (Å²) >= 11 is 0. The van der Waals surface area contributed by atoms with E-state index in [-0.39, 0.29) is 12.6 Å². The third kappa shape index (κ3) is 4.93. The summed E-state index contributed by atoms with van der Waals surface area (Å²) in [4.78, 5) is 11.9. The minimum atomic E-state index is -0.266. The van der Waals surface area contributed by atoms with Gasteiger partial charge in [-0.3, -0.25) is 0 Å². The fourth-order valence-corrected chi connectivity index (χ4v) is 2.02. The van der Waals surface area contributed by atoms with Gasteiger partial charge in [0.05, 0.1) is 0 Å². The quantitative estimate of drug-likeness (QED) is 0.786. The fraction of sp³-hybridized carbons (Fsp3) is 0.235. The molecule has 2 amide bonds.